The zero-order valence-electron chi connectivity index (χ0n) is 20.7. The van der Waals surface area contributed by atoms with Crippen LogP contribution in [0.5, 0.6) is 5.75 Å². The lowest BCUT2D eigenvalue weighted by Gasteiger charge is -2.37. The number of imide groups is 1. The number of ketones is 1. The molecule has 5 aliphatic rings. The second-order valence-corrected chi connectivity index (χ2v) is 10.4. The van der Waals surface area contributed by atoms with E-state index >= 15 is 0 Å². The number of hydrogen-bond acceptors (Lipinski definition) is 7. The van der Waals surface area contributed by atoms with Gasteiger partial charge in [0.05, 0.1) is 23.9 Å². The lowest BCUT2D eigenvalue weighted by Crippen LogP contribution is -2.56. The number of non-ortho nitro benzene ring substituents is 1. The average Bonchev–Trinajstić information content (AvgIpc) is 3.72. The molecule has 2 saturated carbocycles. The van der Waals surface area contributed by atoms with Crippen molar-refractivity contribution in [3.63, 3.8) is 0 Å². The number of amides is 3. The molecule has 10 heteroatoms. The fourth-order valence-electron chi connectivity index (χ4n) is 6.56. The number of nitrogens with zero attached hydrogens (tertiary/aromatic N) is 3. The van der Waals surface area contributed by atoms with Crippen LogP contribution in [0.3, 0.4) is 0 Å². The van der Waals surface area contributed by atoms with E-state index in [0.29, 0.717) is 17.6 Å². The third-order valence-corrected chi connectivity index (χ3v) is 8.51. The SMILES string of the molecule is COc1ccc(C(=O)[C@H](C)N(C(=O)c2ccc([N+](=O)[O-])cc2)N2C(=O)[C@@H]3[C@H]4C=C[C@@H]([C@@H]5C[C@@H]45)[C@@H]3C2=O)cc1. The Balaban J connectivity index is 1.38. The first-order valence-corrected chi connectivity index (χ1v) is 12.5. The van der Waals surface area contributed by atoms with Gasteiger partial charge in [-0.2, -0.15) is 5.01 Å². The van der Waals surface area contributed by atoms with Gasteiger partial charge in [-0.15, -0.1) is 0 Å². The van der Waals surface area contributed by atoms with Crippen molar-refractivity contribution in [3.8, 4) is 5.75 Å². The smallest absolute Gasteiger partial charge is 0.273 e. The quantitative estimate of drug-likeness (QED) is 0.182. The predicted octanol–water partition coefficient (Wildman–Crippen LogP) is 3.29. The van der Waals surface area contributed by atoms with Crippen molar-refractivity contribution in [1.82, 2.24) is 10.0 Å². The molecule has 1 aliphatic heterocycles. The van der Waals surface area contributed by atoms with Crippen LogP contribution < -0.4 is 4.74 Å². The first kappa shape index (κ1) is 24.0. The molecule has 2 aromatic carbocycles. The van der Waals surface area contributed by atoms with E-state index < -0.39 is 46.3 Å². The van der Waals surface area contributed by atoms with Gasteiger partial charge in [-0.05, 0) is 73.4 Å². The molecule has 38 heavy (non-hydrogen) atoms. The molecule has 2 bridgehead atoms. The average molecular weight is 516 g/mol. The molecule has 1 saturated heterocycles. The van der Waals surface area contributed by atoms with Gasteiger partial charge in [-0.1, -0.05) is 12.2 Å². The van der Waals surface area contributed by atoms with E-state index in [1.807, 2.05) is 12.2 Å². The summed E-state index contributed by atoms with van der Waals surface area (Å²) in [5, 5.41) is 12.9. The zero-order chi connectivity index (χ0) is 26.9. The minimum Gasteiger partial charge on any atom is -0.497 e. The van der Waals surface area contributed by atoms with Crippen LogP contribution in [0, 0.1) is 45.6 Å². The Morgan fingerprint density at radius 3 is 1.97 bits per heavy atom. The molecule has 10 nitrogen and oxygen atoms in total. The Hall–Kier alpha value is -4.34. The highest BCUT2D eigenvalue weighted by atomic mass is 16.6. The maximum Gasteiger partial charge on any atom is 0.273 e. The van der Waals surface area contributed by atoms with Crippen molar-refractivity contribution in [2.45, 2.75) is 19.4 Å². The summed E-state index contributed by atoms with van der Waals surface area (Å²) in [5.74, 6) is -2.12. The number of allylic oxidation sites excluding steroid dienone is 2. The lowest BCUT2D eigenvalue weighted by atomic mass is 9.63. The van der Waals surface area contributed by atoms with Crippen molar-refractivity contribution in [2.24, 2.45) is 35.5 Å². The van der Waals surface area contributed by atoms with Crippen molar-refractivity contribution in [1.29, 1.82) is 0 Å². The topological polar surface area (TPSA) is 127 Å². The standard InChI is InChI=1S/C28H25N3O7/c1-14(25(32)15-5-9-18(38-2)10-6-15)29(26(33)16-3-7-17(8-4-16)31(36)37)30-27(34)23-19-11-12-20(22-13-21(19)22)24(23)28(30)35/h3-12,14,19-24H,13H2,1-2H3/t14-,19-,20-,21-,22-,23-,24+/m0/s1. The molecule has 0 unspecified atom stereocenters. The third-order valence-electron chi connectivity index (χ3n) is 8.51. The number of benzene rings is 2. The van der Waals surface area contributed by atoms with E-state index in [0.717, 1.165) is 16.4 Å². The van der Waals surface area contributed by atoms with Gasteiger partial charge < -0.3 is 4.74 Å². The summed E-state index contributed by atoms with van der Waals surface area (Å²) < 4.78 is 5.15. The van der Waals surface area contributed by atoms with Gasteiger partial charge in [0.25, 0.3) is 23.4 Å². The molecule has 0 aromatic heterocycles. The van der Waals surface area contributed by atoms with Gasteiger partial charge in [0.2, 0.25) is 0 Å². The van der Waals surface area contributed by atoms with E-state index in [1.165, 1.54) is 38.3 Å². The number of carbonyl (C=O) groups excluding carboxylic acids is 4. The summed E-state index contributed by atoms with van der Waals surface area (Å²) in [5.41, 5.74) is 0.0837. The van der Waals surface area contributed by atoms with Crippen LogP contribution in [0.2, 0.25) is 0 Å². The molecule has 194 valence electrons. The largest absolute Gasteiger partial charge is 0.497 e. The maximum atomic E-state index is 13.9. The summed E-state index contributed by atoms with van der Waals surface area (Å²) in [7, 11) is 1.50. The highest BCUT2D eigenvalue weighted by Crippen LogP contribution is 2.65. The molecule has 0 spiro atoms. The molecule has 4 aliphatic carbocycles. The summed E-state index contributed by atoms with van der Waals surface area (Å²) in [6, 6.07) is 9.98. The van der Waals surface area contributed by atoms with E-state index in [-0.39, 0.29) is 28.7 Å². The summed E-state index contributed by atoms with van der Waals surface area (Å²) in [6.07, 6.45) is 5.06. The number of rotatable bonds is 7. The van der Waals surface area contributed by atoms with Gasteiger partial charge in [0, 0.05) is 23.3 Å². The van der Waals surface area contributed by atoms with Crippen molar-refractivity contribution < 1.29 is 28.8 Å². The third kappa shape index (κ3) is 3.47. The fourth-order valence-corrected chi connectivity index (χ4v) is 6.56. The van der Waals surface area contributed by atoms with Crippen LogP contribution in [-0.2, 0) is 9.59 Å². The maximum absolute atomic E-state index is 13.9. The van der Waals surface area contributed by atoms with Crippen LogP contribution in [0.15, 0.2) is 60.7 Å². The molecular formula is C28H25N3O7. The van der Waals surface area contributed by atoms with E-state index in [4.69, 9.17) is 4.74 Å². The number of ether oxygens (including phenoxy) is 1. The van der Waals surface area contributed by atoms with Gasteiger partial charge >= 0.3 is 0 Å². The Morgan fingerprint density at radius 1 is 0.947 bits per heavy atom. The second-order valence-electron chi connectivity index (χ2n) is 10.4. The number of methoxy groups -OCH3 is 1. The minimum absolute atomic E-state index is 0.0180. The Bertz CT molecular complexity index is 1360. The molecule has 7 rings (SSSR count). The van der Waals surface area contributed by atoms with Gasteiger partial charge in [0.15, 0.2) is 5.78 Å². The van der Waals surface area contributed by atoms with Crippen LogP contribution in [0.4, 0.5) is 5.69 Å². The first-order valence-electron chi connectivity index (χ1n) is 12.5. The molecule has 3 amide bonds. The van der Waals surface area contributed by atoms with Gasteiger partial charge in [-0.25, -0.2) is 5.01 Å². The number of hydrogen-bond donors (Lipinski definition) is 0. The Morgan fingerprint density at radius 2 is 1.47 bits per heavy atom. The molecule has 0 radical (unpaired) electrons. The number of nitro groups is 1. The molecule has 3 fully saturated rings. The molecular weight excluding hydrogens is 490 g/mol. The molecule has 1 heterocycles. The van der Waals surface area contributed by atoms with Crippen LogP contribution in [0.1, 0.15) is 34.1 Å². The van der Waals surface area contributed by atoms with Gasteiger partial charge in [-0.3, -0.25) is 29.3 Å². The zero-order valence-corrected chi connectivity index (χ0v) is 20.7. The Kier molecular flexibility index (Phi) is 5.44. The highest BCUT2D eigenvalue weighted by molar-refractivity contribution is 6.11. The summed E-state index contributed by atoms with van der Waals surface area (Å²) in [6.45, 7) is 1.47. The van der Waals surface area contributed by atoms with E-state index in [2.05, 4.69) is 0 Å². The number of hydrazine groups is 1. The van der Waals surface area contributed by atoms with E-state index in [9.17, 15) is 29.3 Å². The van der Waals surface area contributed by atoms with E-state index in [1.54, 1.807) is 24.3 Å². The van der Waals surface area contributed by atoms with Crippen molar-refractivity contribution in [3.05, 3.63) is 81.9 Å². The normalized spacial score (nSPS) is 28.9. The Labute approximate surface area is 218 Å². The van der Waals surface area contributed by atoms with Crippen molar-refractivity contribution >= 4 is 29.2 Å². The fraction of sp³-hybridized carbons (Fsp3) is 0.357. The van der Waals surface area contributed by atoms with Crippen molar-refractivity contribution in [2.75, 3.05) is 7.11 Å². The van der Waals surface area contributed by atoms with Crippen LogP contribution >= 0.6 is 0 Å². The molecule has 2 aromatic rings. The number of carbonyl (C=O) groups is 4. The second kappa shape index (κ2) is 8.61. The van der Waals surface area contributed by atoms with Crippen LogP contribution in [-0.4, -0.2) is 51.6 Å². The number of nitro benzene ring substituents is 1. The predicted molar refractivity (Wildman–Crippen MR) is 133 cm³/mol. The van der Waals surface area contributed by atoms with Gasteiger partial charge in [0.1, 0.15) is 11.8 Å². The molecule has 0 N–H and O–H groups in total. The minimum atomic E-state index is -1.21. The number of Topliss-reactive ketones (excluding diaryl/α,β-unsaturated/α-hetero) is 1. The highest BCUT2D eigenvalue weighted by Gasteiger charge is 2.68. The first-order chi connectivity index (χ1) is 18.2. The summed E-state index contributed by atoms with van der Waals surface area (Å²) >= 11 is 0. The molecule has 7 atom stereocenters. The summed E-state index contributed by atoms with van der Waals surface area (Å²) in [4.78, 5) is 65.6. The van der Waals surface area contributed by atoms with Crippen LogP contribution in [0.25, 0.3) is 0 Å². The monoisotopic (exact) mass is 515 g/mol. The lowest BCUT2D eigenvalue weighted by molar-refractivity contribution is -0.384.